The van der Waals surface area contributed by atoms with Crippen LogP contribution in [-0.4, -0.2) is 35.7 Å². The van der Waals surface area contributed by atoms with Gasteiger partial charge in [0.1, 0.15) is 0 Å². The lowest BCUT2D eigenvalue weighted by Gasteiger charge is -2.40. The third-order valence-corrected chi connectivity index (χ3v) is 6.07. The summed E-state index contributed by atoms with van der Waals surface area (Å²) in [6.45, 7) is 12.0. The van der Waals surface area contributed by atoms with Crippen molar-refractivity contribution in [2.45, 2.75) is 77.7 Å². The molecule has 1 heterocycles. The number of aliphatic hydroxyl groups excluding tert-OH is 1. The van der Waals surface area contributed by atoms with Gasteiger partial charge in [0.15, 0.2) is 0 Å². The number of hydrogen-bond donors (Lipinski definition) is 1. The summed E-state index contributed by atoms with van der Waals surface area (Å²) >= 11 is 0. The summed E-state index contributed by atoms with van der Waals surface area (Å²) < 4.78 is 27.1. The highest BCUT2D eigenvalue weighted by Crippen LogP contribution is 2.34. The van der Waals surface area contributed by atoms with E-state index in [9.17, 15) is 13.9 Å². The maximum Gasteiger partial charge on any atom is 0.270 e. The van der Waals surface area contributed by atoms with Crippen LogP contribution in [0, 0.1) is 5.92 Å². The third kappa shape index (κ3) is 6.38. The van der Waals surface area contributed by atoms with Crippen molar-refractivity contribution in [3.63, 3.8) is 0 Å². The minimum absolute atomic E-state index is 0.0684. The number of allylic oxidation sites excluding steroid dienone is 1. The summed E-state index contributed by atoms with van der Waals surface area (Å²) in [6, 6.07) is 7.18. The van der Waals surface area contributed by atoms with E-state index in [0.29, 0.717) is 12.0 Å². The fraction of sp³-hybridized carbons (Fsp3) is 0.667. The lowest BCUT2D eigenvalue weighted by Crippen LogP contribution is -2.43. The van der Waals surface area contributed by atoms with Gasteiger partial charge in [-0.1, -0.05) is 49.8 Å². The average Bonchev–Trinajstić information content (AvgIpc) is 2.61. The maximum absolute atomic E-state index is 13.5. The van der Waals surface area contributed by atoms with Crippen LogP contribution in [-0.2, 0) is 11.3 Å². The predicted octanol–water partition coefficient (Wildman–Crippen LogP) is 5.90. The predicted molar refractivity (Wildman–Crippen MR) is 113 cm³/mol. The second-order valence-corrected chi connectivity index (χ2v) is 9.36. The van der Waals surface area contributed by atoms with Gasteiger partial charge in [-0.3, -0.25) is 4.90 Å². The first kappa shape index (κ1) is 23.0. The van der Waals surface area contributed by atoms with Crippen LogP contribution in [0.5, 0.6) is 0 Å². The standard InChI is InChI=1S/C24H37F2NO/c1-18(2)16-22(27-13-10-19(11-14-27)12-15-28)17-23(3,4)20-6-8-21(9-7-20)24(5,25)26/h6-9,16,19,22,28H,10-15,17H2,1-5H3. The van der Waals surface area contributed by atoms with Crippen LogP contribution in [0.25, 0.3) is 0 Å². The second-order valence-electron chi connectivity index (χ2n) is 9.36. The Balaban J connectivity index is 2.13. The number of rotatable bonds is 8. The minimum Gasteiger partial charge on any atom is -0.396 e. The topological polar surface area (TPSA) is 23.5 Å². The summed E-state index contributed by atoms with van der Waals surface area (Å²) in [5.74, 6) is -2.17. The fourth-order valence-electron chi connectivity index (χ4n) is 4.29. The molecular weight excluding hydrogens is 356 g/mol. The normalized spacial score (nSPS) is 18.1. The van der Waals surface area contributed by atoms with Gasteiger partial charge in [-0.15, -0.1) is 0 Å². The molecule has 0 amide bonds. The molecule has 1 fully saturated rings. The smallest absolute Gasteiger partial charge is 0.270 e. The molecule has 2 rings (SSSR count). The van der Waals surface area contributed by atoms with E-state index in [4.69, 9.17) is 0 Å². The molecule has 1 unspecified atom stereocenters. The van der Waals surface area contributed by atoms with Crippen molar-refractivity contribution in [1.82, 2.24) is 4.90 Å². The molecule has 1 atom stereocenters. The number of nitrogens with zero attached hydrogens (tertiary/aromatic N) is 1. The van der Waals surface area contributed by atoms with Gasteiger partial charge in [-0.05, 0) is 69.5 Å². The minimum atomic E-state index is -2.80. The van der Waals surface area contributed by atoms with E-state index in [-0.39, 0.29) is 17.6 Å². The molecule has 1 aliphatic rings. The molecule has 0 aliphatic carbocycles. The molecule has 4 heteroatoms. The highest BCUT2D eigenvalue weighted by Gasteiger charge is 2.31. The van der Waals surface area contributed by atoms with Crippen molar-refractivity contribution in [2.24, 2.45) is 5.92 Å². The molecular formula is C24H37F2NO. The van der Waals surface area contributed by atoms with Crippen LogP contribution < -0.4 is 0 Å². The first-order valence-electron chi connectivity index (χ1n) is 10.5. The molecule has 0 spiro atoms. The Morgan fingerprint density at radius 1 is 1.11 bits per heavy atom. The van der Waals surface area contributed by atoms with Crippen molar-refractivity contribution >= 4 is 0 Å². The number of aliphatic hydroxyl groups is 1. The Kier molecular flexibility index (Phi) is 7.81. The highest BCUT2D eigenvalue weighted by atomic mass is 19.3. The summed E-state index contributed by atoms with van der Waals surface area (Å²) in [5, 5.41) is 9.19. The Hall–Kier alpha value is -1.26. The van der Waals surface area contributed by atoms with Crippen LogP contribution >= 0.6 is 0 Å². The first-order chi connectivity index (χ1) is 13.0. The molecule has 0 saturated carbocycles. The number of alkyl halides is 2. The lowest BCUT2D eigenvalue weighted by molar-refractivity contribution is 0.0174. The van der Waals surface area contributed by atoms with Crippen molar-refractivity contribution in [3.8, 4) is 0 Å². The van der Waals surface area contributed by atoms with Crippen molar-refractivity contribution < 1.29 is 13.9 Å². The molecule has 1 aliphatic heterocycles. The molecule has 1 N–H and O–H groups in total. The lowest BCUT2D eigenvalue weighted by atomic mass is 9.77. The van der Waals surface area contributed by atoms with Crippen LogP contribution in [0.2, 0.25) is 0 Å². The number of benzene rings is 1. The number of hydrogen-bond acceptors (Lipinski definition) is 2. The van der Waals surface area contributed by atoms with Crippen LogP contribution in [0.3, 0.4) is 0 Å². The molecule has 0 radical (unpaired) electrons. The van der Waals surface area contributed by atoms with Gasteiger partial charge in [0.05, 0.1) is 0 Å². The van der Waals surface area contributed by atoms with Gasteiger partial charge in [0, 0.05) is 25.1 Å². The van der Waals surface area contributed by atoms with Gasteiger partial charge in [0.25, 0.3) is 5.92 Å². The molecule has 1 aromatic rings. The molecule has 0 bridgehead atoms. The maximum atomic E-state index is 13.5. The third-order valence-electron chi connectivity index (χ3n) is 6.07. The monoisotopic (exact) mass is 393 g/mol. The Labute approximate surface area is 169 Å². The summed E-state index contributed by atoms with van der Waals surface area (Å²) in [7, 11) is 0. The molecule has 158 valence electrons. The van der Waals surface area contributed by atoms with E-state index >= 15 is 0 Å². The van der Waals surface area contributed by atoms with Crippen LogP contribution in [0.1, 0.15) is 71.4 Å². The Morgan fingerprint density at radius 3 is 2.11 bits per heavy atom. The largest absolute Gasteiger partial charge is 0.396 e. The van der Waals surface area contributed by atoms with Gasteiger partial charge >= 0.3 is 0 Å². The van der Waals surface area contributed by atoms with E-state index in [1.54, 1.807) is 12.1 Å². The zero-order chi connectivity index (χ0) is 20.9. The van der Waals surface area contributed by atoms with E-state index in [0.717, 1.165) is 51.3 Å². The van der Waals surface area contributed by atoms with E-state index in [1.165, 1.54) is 5.57 Å². The number of piperidine rings is 1. The second kappa shape index (κ2) is 9.49. The zero-order valence-corrected chi connectivity index (χ0v) is 18.1. The van der Waals surface area contributed by atoms with E-state index in [1.807, 2.05) is 12.1 Å². The van der Waals surface area contributed by atoms with Gasteiger partial charge in [-0.2, -0.15) is 0 Å². The fourth-order valence-corrected chi connectivity index (χ4v) is 4.29. The van der Waals surface area contributed by atoms with Gasteiger partial charge < -0.3 is 5.11 Å². The summed E-state index contributed by atoms with van der Waals surface area (Å²) in [5.41, 5.74) is 2.36. The molecule has 1 saturated heterocycles. The quantitative estimate of drug-likeness (QED) is 0.556. The summed E-state index contributed by atoms with van der Waals surface area (Å²) in [4.78, 5) is 2.55. The zero-order valence-electron chi connectivity index (χ0n) is 18.1. The molecule has 0 aromatic heterocycles. The Bertz CT molecular complexity index is 634. The molecule has 28 heavy (non-hydrogen) atoms. The highest BCUT2D eigenvalue weighted by molar-refractivity contribution is 5.30. The van der Waals surface area contributed by atoms with Crippen molar-refractivity contribution in [2.75, 3.05) is 19.7 Å². The first-order valence-corrected chi connectivity index (χ1v) is 10.5. The Morgan fingerprint density at radius 2 is 1.64 bits per heavy atom. The van der Waals surface area contributed by atoms with Crippen molar-refractivity contribution in [1.29, 1.82) is 0 Å². The summed E-state index contributed by atoms with van der Waals surface area (Å²) in [6.07, 6.45) is 6.47. The van der Waals surface area contributed by atoms with Gasteiger partial charge in [0.2, 0.25) is 0 Å². The van der Waals surface area contributed by atoms with E-state index in [2.05, 4.69) is 38.7 Å². The van der Waals surface area contributed by atoms with Crippen molar-refractivity contribution in [3.05, 3.63) is 47.0 Å². The van der Waals surface area contributed by atoms with E-state index < -0.39 is 5.92 Å². The average molecular weight is 394 g/mol. The van der Waals surface area contributed by atoms with Crippen LogP contribution in [0.4, 0.5) is 8.78 Å². The van der Waals surface area contributed by atoms with Crippen LogP contribution in [0.15, 0.2) is 35.9 Å². The van der Waals surface area contributed by atoms with Gasteiger partial charge in [-0.25, -0.2) is 8.78 Å². The number of likely N-dealkylation sites (tertiary alicyclic amines) is 1. The number of halogens is 2. The SMILES string of the molecule is CC(C)=CC(CC(C)(C)c1ccc(C(C)(F)F)cc1)N1CCC(CCO)CC1. The molecule has 1 aromatic carbocycles. The molecule has 2 nitrogen and oxygen atoms in total.